The zero-order valence-corrected chi connectivity index (χ0v) is 21.3. The zero-order chi connectivity index (χ0) is 26.0. The molecular formula is C28H31N5O4. The summed E-state index contributed by atoms with van der Waals surface area (Å²) in [6.07, 6.45) is 4.57. The van der Waals surface area contributed by atoms with Crippen molar-refractivity contribution >= 4 is 40.3 Å². The molecule has 1 aromatic carbocycles. The van der Waals surface area contributed by atoms with Crippen LogP contribution < -0.4 is 4.90 Å². The predicted molar refractivity (Wildman–Crippen MR) is 137 cm³/mol. The van der Waals surface area contributed by atoms with Gasteiger partial charge in [0.1, 0.15) is 24.0 Å². The molecular weight excluding hydrogens is 470 g/mol. The number of anilines is 1. The maximum atomic E-state index is 13.7. The van der Waals surface area contributed by atoms with Crippen molar-refractivity contribution in [3.8, 4) is 0 Å². The maximum absolute atomic E-state index is 13.7. The van der Waals surface area contributed by atoms with Gasteiger partial charge < -0.3 is 19.4 Å². The first-order chi connectivity index (χ1) is 17.8. The smallest absolute Gasteiger partial charge is 0.410 e. The average Bonchev–Trinajstić information content (AvgIpc) is 3.55. The molecule has 1 aromatic heterocycles. The number of imide groups is 1. The standard InChI is InChI=1S/C28H31N5O4/c1-15(2)18-10-9-16(3)11-23(18)37-28(36)31-14-17-12-21(31)24-26(34)33(27(35)32(17)24)22-13-30-25(29-4)20-8-6-5-7-19(20)22/h5-8,13,15-18,21,23-24H,9-12,14H2,1-3H3/t16-,17?,18+,21+,23-,24+/m0/s1. The molecule has 3 saturated heterocycles. The third-order valence-corrected chi connectivity index (χ3v) is 8.81. The van der Waals surface area contributed by atoms with Crippen LogP contribution in [0.25, 0.3) is 15.6 Å². The van der Waals surface area contributed by atoms with E-state index in [0.29, 0.717) is 47.2 Å². The maximum Gasteiger partial charge on any atom is 0.410 e. The molecule has 192 valence electrons. The molecule has 4 aliphatic rings. The number of hydrogen-bond donors (Lipinski definition) is 0. The van der Waals surface area contributed by atoms with Crippen LogP contribution in [0.2, 0.25) is 0 Å². The number of urea groups is 1. The summed E-state index contributed by atoms with van der Waals surface area (Å²) in [5, 5.41) is 1.22. The van der Waals surface area contributed by atoms with E-state index in [4.69, 9.17) is 11.3 Å². The summed E-state index contributed by atoms with van der Waals surface area (Å²) in [6, 6.07) is 5.42. The van der Waals surface area contributed by atoms with Gasteiger partial charge in [0, 0.05) is 17.3 Å². The number of ether oxygens (including phenoxy) is 1. The first kappa shape index (κ1) is 23.7. The second kappa shape index (κ2) is 8.72. The van der Waals surface area contributed by atoms with E-state index in [1.54, 1.807) is 28.0 Å². The Hall–Kier alpha value is -3.67. The van der Waals surface area contributed by atoms with E-state index >= 15 is 0 Å². The number of carbonyl (C=O) groups is 3. The lowest BCUT2D eigenvalue weighted by Gasteiger charge is -2.39. The summed E-state index contributed by atoms with van der Waals surface area (Å²) < 4.78 is 6.10. The number of benzene rings is 1. The molecule has 1 unspecified atom stereocenters. The van der Waals surface area contributed by atoms with Crippen LogP contribution in [0.3, 0.4) is 0 Å². The lowest BCUT2D eigenvalue weighted by molar-refractivity contribution is -0.121. The Morgan fingerprint density at radius 3 is 2.65 bits per heavy atom. The molecule has 4 fully saturated rings. The Labute approximate surface area is 216 Å². The number of hydrogen-bond acceptors (Lipinski definition) is 5. The second-order valence-electron chi connectivity index (χ2n) is 11.3. The first-order valence-electron chi connectivity index (χ1n) is 13.2. The first-order valence-corrected chi connectivity index (χ1v) is 13.2. The van der Waals surface area contributed by atoms with E-state index in [0.717, 1.165) is 19.3 Å². The number of rotatable bonds is 3. The molecule has 6 rings (SSSR count). The SMILES string of the molecule is [C-]#[N+]c1ncc(N2C(=O)[C@H]3[C@H]4CC(CN4C(=O)O[C@H]4C[C@@H](C)CC[C@@H]4C(C)C)N3C2=O)c2ccccc12. The number of likely N-dealkylation sites (tertiary alicyclic amines) is 1. The van der Waals surface area contributed by atoms with Gasteiger partial charge in [0.15, 0.2) is 0 Å². The summed E-state index contributed by atoms with van der Waals surface area (Å²) in [5.41, 5.74) is 0.372. The molecule has 4 amide bonds. The molecule has 2 bridgehead atoms. The van der Waals surface area contributed by atoms with Gasteiger partial charge >= 0.3 is 12.1 Å². The number of nitrogens with zero attached hydrogens (tertiary/aromatic N) is 5. The van der Waals surface area contributed by atoms with E-state index in [1.807, 2.05) is 6.07 Å². The number of carbonyl (C=O) groups excluding carboxylic acids is 3. The number of pyridine rings is 1. The van der Waals surface area contributed by atoms with Gasteiger partial charge in [-0.15, -0.1) is 4.98 Å². The zero-order valence-electron chi connectivity index (χ0n) is 21.3. The minimum absolute atomic E-state index is 0.123. The number of piperazine rings is 1. The van der Waals surface area contributed by atoms with Gasteiger partial charge in [0.25, 0.3) is 11.7 Å². The van der Waals surface area contributed by atoms with Gasteiger partial charge in [0.2, 0.25) is 0 Å². The third kappa shape index (κ3) is 3.57. The van der Waals surface area contributed by atoms with Crippen LogP contribution in [-0.2, 0) is 9.53 Å². The summed E-state index contributed by atoms with van der Waals surface area (Å²) in [5.74, 6) is 1.14. The summed E-state index contributed by atoms with van der Waals surface area (Å²) in [7, 11) is 0. The van der Waals surface area contributed by atoms with Gasteiger partial charge in [-0.2, -0.15) is 0 Å². The van der Waals surface area contributed by atoms with Crippen LogP contribution in [0.15, 0.2) is 30.5 Å². The van der Waals surface area contributed by atoms with Crippen LogP contribution in [0.5, 0.6) is 0 Å². The van der Waals surface area contributed by atoms with Gasteiger partial charge in [-0.3, -0.25) is 4.79 Å². The van der Waals surface area contributed by atoms with Gasteiger partial charge in [0.05, 0.1) is 12.1 Å². The van der Waals surface area contributed by atoms with Crippen LogP contribution >= 0.6 is 0 Å². The Morgan fingerprint density at radius 1 is 1.16 bits per heavy atom. The summed E-state index contributed by atoms with van der Waals surface area (Å²) in [4.78, 5) is 52.8. The minimum atomic E-state index is -0.732. The van der Waals surface area contributed by atoms with Crippen LogP contribution in [-0.4, -0.2) is 63.6 Å². The Morgan fingerprint density at radius 2 is 1.92 bits per heavy atom. The molecule has 9 nitrogen and oxygen atoms in total. The quantitative estimate of drug-likeness (QED) is 0.437. The Kier molecular flexibility index (Phi) is 5.59. The van der Waals surface area contributed by atoms with Gasteiger partial charge in [-0.1, -0.05) is 58.0 Å². The molecule has 0 radical (unpaired) electrons. The molecule has 0 spiro atoms. The van der Waals surface area contributed by atoms with Crippen molar-refractivity contribution in [2.75, 3.05) is 11.4 Å². The highest BCUT2D eigenvalue weighted by molar-refractivity contribution is 6.25. The van der Waals surface area contributed by atoms with E-state index in [9.17, 15) is 14.4 Å². The van der Waals surface area contributed by atoms with Gasteiger partial charge in [-0.05, 0) is 37.0 Å². The average molecular weight is 502 g/mol. The number of fused-ring (bicyclic) bond motifs is 6. The fraction of sp³-hybridized carbons (Fsp3) is 0.536. The van der Waals surface area contributed by atoms with Crippen molar-refractivity contribution in [3.05, 3.63) is 41.9 Å². The molecule has 37 heavy (non-hydrogen) atoms. The Bertz CT molecular complexity index is 1340. The largest absolute Gasteiger partial charge is 0.446 e. The van der Waals surface area contributed by atoms with E-state index < -0.39 is 12.1 Å². The monoisotopic (exact) mass is 501 g/mol. The van der Waals surface area contributed by atoms with E-state index in [2.05, 4.69) is 30.6 Å². The van der Waals surface area contributed by atoms with E-state index in [1.165, 1.54) is 11.1 Å². The van der Waals surface area contributed by atoms with Crippen LogP contribution in [0, 0.1) is 24.3 Å². The van der Waals surface area contributed by atoms with E-state index in [-0.39, 0.29) is 36.0 Å². The Balaban J connectivity index is 1.26. The predicted octanol–water partition coefficient (Wildman–Crippen LogP) is 4.98. The van der Waals surface area contributed by atoms with Crippen molar-refractivity contribution in [2.45, 2.75) is 70.7 Å². The molecule has 1 saturated carbocycles. The second-order valence-corrected chi connectivity index (χ2v) is 11.3. The topological polar surface area (TPSA) is 87.4 Å². The molecule has 0 N–H and O–H groups in total. The fourth-order valence-corrected chi connectivity index (χ4v) is 6.97. The summed E-state index contributed by atoms with van der Waals surface area (Å²) in [6.45, 7) is 14.3. The van der Waals surface area contributed by atoms with Crippen molar-refractivity contribution in [3.63, 3.8) is 0 Å². The molecule has 6 atom stereocenters. The highest BCUT2D eigenvalue weighted by atomic mass is 16.6. The van der Waals surface area contributed by atoms with Crippen molar-refractivity contribution in [2.24, 2.45) is 17.8 Å². The lowest BCUT2D eigenvalue weighted by Crippen LogP contribution is -2.55. The van der Waals surface area contributed by atoms with Crippen LogP contribution in [0.1, 0.15) is 46.5 Å². The van der Waals surface area contributed by atoms with Crippen molar-refractivity contribution in [1.29, 1.82) is 0 Å². The van der Waals surface area contributed by atoms with Gasteiger partial charge in [-0.25, -0.2) is 14.5 Å². The number of amides is 4. The van der Waals surface area contributed by atoms with Crippen LogP contribution in [0.4, 0.5) is 21.1 Å². The minimum Gasteiger partial charge on any atom is -0.446 e. The highest BCUT2D eigenvalue weighted by Gasteiger charge is 2.63. The molecule has 3 aliphatic heterocycles. The molecule has 9 heteroatoms. The summed E-state index contributed by atoms with van der Waals surface area (Å²) >= 11 is 0. The normalized spacial score (nSPS) is 30.8. The molecule has 2 aromatic rings. The third-order valence-electron chi connectivity index (χ3n) is 8.81. The molecule has 1 aliphatic carbocycles. The fourth-order valence-electron chi connectivity index (χ4n) is 6.97. The number of aromatic nitrogens is 1. The molecule has 4 heterocycles. The van der Waals surface area contributed by atoms with Crippen molar-refractivity contribution in [1.82, 2.24) is 14.8 Å². The lowest BCUT2D eigenvalue weighted by atomic mass is 9.75. The highest BCUT2D eigenvalue weighted by Crippen LogP contribution is 2.45. The van der Waals surface area contributed by atoms with Crippen molar-refractivity contribution < 1.29 is 19.1 Å².